The van der Waals surface area contributed by atoms with Crippen LogP contribution in [0.1, 0.15) is 48.5 Å². The van der Waals surface area contributed by atoms with Crippen molar-refractivity contribution >= 4 is 28.7 Å². The predicted octanol–water partition coefficient (Wildman–Crippen LogP) is 5.82. The molecular weight excluding hydrogens is 504 g/mol. The molecule has 0 aliphatic heterocycles. The summed E-state index contributed by atoms with van der Waals surface area (Å²) in [6.07, 6.45) is -4.29. The number of alkyl halides is 5. The third-order valence-corrected chi connectivity index (χ3v) is 6.31. The summed E-state index contributed by atoms with van der Waals surface area (Å²) < 4.78 is 86.7. The number of ether oxygens (including phenoxy) is 1. The largest absolute Gasteiger partial charge is 0.471 e. The van der Waals surface area contributed by atoms with Gasteiger partial charge in [-0.25, -0.2) is 18.2 Å². The van der Waals surface area contributed by atoms with Crippen LogP contribution in [0, 0.1) is 11.7 Å². The number of nitrogens with zero attached hydrogens (tertiary/aromatic N) is 3. The molecule has 1 aliphatic carbocycles. The Hall–Kier alpha value is -3.51. The van der Waals surface area contributed by atoms with E-state index in [9.17, 15) is 31.1 Å². The number of aryl methyl sites for hydroxylation is 1. The number of aromatic nitrogens is 3. The Morgan fingerprint density at radius 3 is 2.54 bits per heavy atom. The van der Waals surface area contributed by atoms with Gasteiger partial charge in [0.05, 0.1) is 11.3 Å². The minimum atomic E-state index is -4.84. The standard InChI is InChI=1S/C24H25F6N5O2/c1-12-6-8-13(9-7-12)31-21(36)14-10-17-20(34-22(14)37-11-18(26)27)35(2)23(32-17)33-19-15(24(28,29)30)4-3-5-16(19)25/h3-5,10,12-13,18H,6-9,11H2,1-2H3,(H,31,36)(H,32,33). The Labute approximate surface area is 208 Å². The van der Waals surface area contributed by atoms with E-state index in [1.54, 1.807) is 0 Å². The van der Waals surface area contributed by atoms with Gasteiger partial charge in [-0.15, -0.1) is 0 Å². The molecule has 0 bridgehead atoms. The molecule has 0 atom stereocenters. The zero-order valence-electron chi connectivity index (χ0n) is 20.0. The van der Waals surface area contributed by atoms with Gasteiger partial charge < -0.3 is 15.4 Å². The molecule has 7 nitrogen and oxygen atoms in total. The van der Waals surface area contributed by atoms with Crippen molar-refractivity contribution in [1.82, 2.24) is 19.9 Å². The molecule has 3 aromatic rings. The second-order valence-electron chi connectivity index (χ2n) is 9.10. The van der Waals surface area contributed by atoms with Crippen LogP contribution in [-0.2, 0) is 13.2 Å². The highest BCUT2D eigenvalue weighted by Gasteiger charge is 2.35. The molecule has 0 saturated heterocycles. The normalized spacial score (nSPS) is 18.3. The molecule has 1 aliphatic rings. The first kappa shape index (κ1) is 26.6. The first-order valence-corrected chi connectivity index (χ1v) is 11.7. The van der Waals surface area contributed by atoms with Crippen molar-refractivity contribution in [1.29, 1.82) is 0 Å². The van der Waals surface area contributed by atoms with Crippen molar-refractivity contribution in [2.45, 2.75) is 51.3 Å². The number of carbonyl (C=O) groups is 1. The zero-order valence-corrected chi connectivity index (χ0v) is 20.0. The molecule has 4 rings (SSSR count). The van der Waals surface area contributed by atoms with Crippen LogP contribution in [-0.4, -0.2) is 39.5 Å². The lowest BCUT2D eigenvalue weighted by atomic mass is 9.87. The summed E-state index contributed by atoms with van der Waals surface area (Å²) in [6.45, 7) is 1.10. The van der Waals surface area contributed by atoms with E-state index in [4.69, 9.17) is 4.74 Å². The topological polar surface area (TPSA) is 81.1 Å². The summed E-state index contributed by atoms with van der Waals surface area (Å²) in [5.41, 5.74) is -2.12. The molecule has 0 radical (unpaired) electrons. The minimum absolute atomic E-state index is 0.0275. The molecule has 1 fully saturated rings. The maximum absolute atomic E-state index is 14.4. The summed E-state index contributed by atoms with van der Waals surface area (Å²) in [6, 6.07) is 3.68. The quantitative estimate of drug-likeness (QED) is 0.377. The van der Waals surface area contributed by atoms with Crippen molar-refractivity contribution in [3.8, 4) is 5.88 Å². The molecule has 13 heteroatoms. The third-order valence-electron chi connectivity index (χ3n) is 6.31. The van der Waals surface area contributed by atoms with Crippen LogP contribution in [0.25, 0.3) is 11.2 Å². The van der Waals surface area contributed by atoms with E-state index in [-0.39, 0.29) is 34.6 Å². The van der Waals surface area contributed by atoms with Gasteiger partial charge in [0.15, 0.2) is 12.3 Å². The van der Waals surface area contributed by atoms with E-state index in [0.29, 0.717) is 5.92 Å². The van der Waals surface area contributed by atoms with Crippen LogP contribution in [0.15, 0.2) is 24.3 Å². The third kappa shape index (κ3) is 5.91. The van der Waals surface area contributed by atoms with Crippen molar-refractivity contribution in [2.24, 2.45) is 13.0 Å². The van der Waals surface area contributed by atoms with Crippen molar-refractivity contribution in [3.05, 3.63) is 41.2 Å². The number of fused-ring (bicyclic) bond motifs is 1. The highest BCUT2D eigenvalue weighted by molar-refractivity contribution is 5.99. The maximum Gasteiger partial charge on any atom is 0.418 e. The van der Waals surface area contributed by atoms with Gasteiger partial charge in [0.1, 0.15) is 16.9 Å². The van der Waals surface area contributed by atoms with Crippen LogP contribution in [0.3, 0.4) is 0 Å². The molecule has 1 saturated carbocycles. The van der Waals surface area contributed by atoms with Gasteiger partial charge in [0.2, 0.25) is 11.8 Å². The fourth-order valence-corrected chi connectivity index (χ4v) is 4.29. The van der Waals surface area contributed by atoms with Crippen LogP contribution in [0.2, 0.25) is 0 Å². The second kappa shape index (κ2) is 10.5. The average molecular weight is 529 g/mol. The number of hydrogen-bond acceptors (Lipinski definition) is 5. The van der Waals surface area contributed by atoms with Gasteiger partial charge >= 0.3 is 6.18 Å². The molecule has 2 N–H and O–H groups in total. The average Bonchev–Trinajstić information content (AvgIpc) is 3.13. The summed E-state index contributed by atoms with van der Waals surface area (Å²) in [5.74, 6) is -1.78. The van der Waals surface area contributed by atoms with E-state index in [2.05, 4.69) is 27.5 Å². The Morgan fingerprint density at radius 1 is 1.19 bits per heavy atom. The van der Waals surface area contributed by atoms with Gasteiger partial charge in [0, 0.05) is 13.1 Å². The first-order chi connectivity index (χ1) is 17.4. The molecule has 2 heterocycles. The van der Waals surface area contributed by atoms with Gasteiger partial charge in [-0.05, 0) is 49.8 Å². The Bertz CT molecular complexity index is 1280. The zero-order chi connectivity index (χ0) is 26.9. The Kier molecular flexibility index (Phi) is 7.51. The van der Waals surface area contributed by atoms with E-state index < -0.39 is 42.2 Å². The fourth-order valence-electron chi connectivity index (χ4n) is 4.29. The van der Waals surface area contributed by atoms with Gasteiger partial charge in [-0.3, -0.25) is 9.36 Å². The van der Waals surface area contributed by atoms with Gasteiger partial charge in [-0.1, -0.05) is 13.0 Å². The summed E-state index contributed by atoms with van der Waals surface area (Å²) in [4.78, 5) is 21.4. The molecule has 0 unspecified atom stereocenters. The number of hydrogen-bond donors (Lipinski definition) is 2. The number of pyridine rings is 1. The molecule has 0 spiro atoms. The molecule has 2 aromatic heterocycles. The number of para-hydroxylation sites is 1. The van der Waals surface area contributed by atoms with Crippen molar-refractivity contribution in [3.63, 3.8) is 0 Å². The maximum atomic E-state index is 14.4. The second-order valence-corrected chi connectivity index (χ2v) is 9.10. The van der Waals surface area contributed by atoms with Gasteiger partial charge in [0.25, 0.3) is 12.3 Å². The number of nitrogens with one attached hydrogen (secondary N) is 2. The van der Waals surface area contributed by atoms with Crippen LogP contribution >= 0.6 is 0 Å². The fraction of sp³-hybridized carbons (Fsp3) is 0.458. The van der Waals surface area contributed by atoms with Crippen molar-refractivity contribution in [2.75, 3.05) is 11.9 Å². The van der Waals surface area contributed by atoms with E-state index in [0.717, 1.165) is 43.9 Å². The number of halogens is 6. The molecule has 200 valence electrons. The Morgan fingerprint density at radius 2 is 1.89 bits per heavy atom. The molecular formula is C24H25F6N5O2. The molecule has 1 aromatic carbocycles. The van der Waals surface area contributed by atoms with Crippen molar-refractivity contribution < 1.29 is 35.9 Å². The highest BCUT2D eigenvalue weighted by atomic mass is 19.4. The highest BCUT2D eigenvalue weighted by Crippen LogP contribution is 2.38. The number of anilines is 2. The molecule has 37 heavy (non-hydrogen) atoms. The summed E-state index contributed by atoms with van der Waals surface area (Å²) in [5, 5.41) is 5.22. The SMILES string of the molecule is CC1CCC(NC(=O)c2cc3nc(Nc4c(F)cccc4C(F)(F)F)n(C)c3nc2OCC(F)F)CC1. The van der Waals surface area contributed by atoms with Crippen LogP contribution < -0.4 is 15.4 Å². The number of benzene rings is 1. The smallest absolute Gasteiger partial charge is 0.418 e. The summed E-state index contributed by atoms with van der Waals surface area (Å²) in [7, 11) is 1.39. The van der Waals surface area contributed by atoms with Crippen LogP contribution in [0.4, 0.5) is 38.0 Å². The van der Waals surface area contributed by atoms with E-state index in [1.165, 1.54) is 17.7 Å². The number of rotatable bonds is 7. The monoisotopic (exact) mass is 529 g/mol. The predicted molar refractivity (Wildman–Crippen MR) is 124 cm³/mol. The van der Waals surface area contributed by atoms with Crippen LogP contribution in [0.5, 0.6) is 5.88 Å². The minimum Gasteiger partial charge on any atom is -0.471 e. The Balaban J connectivity index is 1.71. The number of amides is 1. The number of carbonyl (C=O) groups excluding carboxylic acids is 1. The lowest BCUT2D eigenvalue weighted by Crippen LogP contribution is -2.37. The van der Waals surface area contributed by atoms with E-state index in [1.807, 2.05) is 0 Å². The van der Waals surface area contributed by atoms with E-state index >= 15 is 0 Å². The lowest BCUT2D eigenvalue weighted by molar-refractivity contribution is -0.137. The first-order valence-electron chi connectivity index (χ1n) is 11.7. The molecule has 1 amide bonds. The van der Waals surface area contributed by atoms with Gasteiger partial charge in [-0.2, -0.15) is 18.2 Å². The number of imidazole rings is 1. The summed E-state index contributed by atoms with van der Waals surface area (Å²) >= 11 is 0. The lowest BCUT2D eigenvalue weighted by Gasteiger charge is -2.27.